The molecule has 1 heterocycles. The predicted molar refractivity (Wildman–Crippen MR) is 103 cm³/mol. The Morgan fingerprint density at radius 2 is 1.20 bits per heavy atom. The summed E-state index contributed by atoms with van der Waals surface area (Å²) in [6.07, 6.45) is 0. The van der Waals surface area contributed by atoms with Crippen LogP contribution in [0.15, 0.2) is 92.4 Å². The lowest BCUT2D eigenvalue weighted by Crippen LogP contribution is -1.90. The van der Waals surface area contributed by atoms with Crippen molar-refractivity contribution in [3.8, 4) is 6.07 Å². The maximum Gasteiger partial charge on any atom is 0.0995 e. The molecule has 2 nitrogen and oxygen atoms in total. The number of ether oxygens (including phenoxy) is 1. The second-order valence-corrected chi connectivity index (χ2v) is 7.47. The Kier molecular flexibility index (Phi) is 6.19. The topological polar surface area (TPSA) is 33.0 Å². The van der Waals surface area contributed by atoms with Crippen LogP contribution in [0.2, 0.25) is 0 Å². The van der Waals surface area contributed by atoms with Crippen molar-refractivity contribution in [1.82, 2.24) is 0 Å². The van der Waals surface area contributed by atoms with Crippen molar-refractivity contribution in [2.24, 2.45) is 0 Å². The Hall–Kier alpha value is -2.19. The molecule has 0 atom stereocenters. The van der Waals surface area contributed by atoms with Gasteiger partial charge in [0.15, 0.2) is 0 Å². The number of nitriles is 1. The second kappa shape index (κ2) is 8.77. The van der Waals surface area contributed by atoms with Crippen molar-refractivity contribution in [1.29, 1.82) is 5.26 Å². The zero-order chi connectivity index (χ0) is 17.5. The molecule has 0 aromatic heterocycles. The number of hydrogen-bond acceptors (Lipinski definition) is 4. The van der Waals surface area contributed by atoms with Crippen LogP contribution in [-0.4, -0.2) is 7.11 Å². The van der Waals surface area contributed by atoms with Gasteiger partial charge >= 0.3 is 0 Å². The maximum atomic E-state index is 8.64. The molecule has 0 unspecified atom stereocenters. The van der Waals surface area contributed by atoms with E-state index < -0.39 is 0 Å². The highest BCUT2D eigenvalue weighted by Crippen LogP contribution is 2.47. The van der Waals surface area contributed by atoms with E-state index in [1.54, 1.807) is 13.2 Å². The molecule has 1 aliphatic heterocycles. The Labute approximate surface area is 156 Å². The quantitative estimate of drug-likeness (QED) is 0.437. The third-order valence-electron chi connectivity index (χ3n) is 3.58. The normalized spacial score (nSPS) is 11.4. The first-order chi connectivity index (χ1) is 12.3. The van der Waals surface area contributed by atoms with Crippen LogP contribution in [0.5, 0.6) is 0 Å². The van der Waals surface area contributed by atoms with Gasteiger partial charge in [-0.2, -0.15) is 5.26 Å². The van der Waals surface area contributed by atoms with Crippen LogP contribution in [-0.2, 0) is 11.3 Å². The van der Waals surface area contributed by atoms with Crippen molar-refractivity contribution >= 4 is 23.5 Å². The van der Waals surface area contributed by atoms with E-state index in [9.17, 15) is 0 Å². The Morgan fingerprint density at radius 3 is 1.64 bits per heavy atom. The molecule has 4 rings (SSSR count). The molecule has 3 aromatic rings. The molecule has 0 aliphatic carbocycles. The van der Waals surface area contributed by atoms with Gasteiger partial charge in [-0.05, 0) is 35.9 Å². The second-order valence-electron chi connectivity index (χ2n) is 5.30. The summed E-state index contributed by atoms with van der Waals surface area (Å²) in [4.78, 5) is 5.49. The van der Waals surface area contributed by atoms with Crippen molar-refractivity contribution in [3.05, 3.63) is 83.9 Å². The Bertz CT molecular complexity index is 815. The molecule has 0 amide bonds. The summed E-state index contributed by atoms with van der Waals surface area (Å²) < 4.78 is 4.92. The summed E-state index contributed by atoms with van der Waals surface area (Å²) in [5.41, 5.74) is 1.63. The Balaban J connectivity index is 0.000000151. The highest BCUT2D eigenvalue weighted by molar-refractivity contribution is 8.05. The number of rotatable bonds is 2. The molecule has 0 bridgehead atoms. The summed E-state index contributed by atoms with van der Waals surface area (Å²) in [5, 5.41) is 8.64. The van der Waals surface area contributed by atoms with Gasteiger partial charge in [-0.25, -0.2) is 0 Å². The van der Waals surface area contributed by atoms with E-state index >= 15 is 0 Å². The third-order valence-corrected chi connectivity index (χ3v) is 6.14. The van der Waals surface area contributed by atoms with Gasteiger partial charge in [0.25, 0.3) is 0 Å². The number of benzene rings is 3. The predicted octanol–water partition coefficient (Wildman–Crippen LogP) is 6.01. The van der Waals surface area contributed by atoms with Crippen LogP contribution in [0.3, 0.4) is 0 Å². The molecule has 124 valence electrons. The maximum absolute atomic E-state index is 8.64. The van der Waals surface area contributed by atoms with Crippen LogP contribution in [0.25, 0.3) is 0 Å². The van der Waals surface area contributed by atoms with Crippen LogP contribution < -0.4 is 0 Å². The van der Waals surface area contributed by atoms with E-state index in [1.807, 2.05) is 41.7 Å². The molecule has 25 heavy (non-hydrogen) atoms. The number of methoxy groups -OCH3 is 1. The van der Waals surface area contributed by atoms with Crippen molar-refractivity contribution < 1.29 is 4.74 Å². The summed E-state index contributed by atoms with van der Waals surface area (Å²) in [7, 11) is 1.62. The minimum absolute atomic E-state index is 0.504. The molecule has 0 saturated carbocycles. The number of hydrogen-bond donors (Lipinski definition) is 0. The number of nitrogens with zero attached hydrogens (tertiary/aromatic N) is 1. The van der Waals surface area contributed by atoms with E-state index in [0.717, 1.165) is 5.56 Å². The summed E-state index contributed by atoms with van der Waals surface area (Å²) in [5.74, 6) is 0. The molecular weight excluding hydrogens is 346 g/mol. The van der Waals surface area contributed by atoms with Crippen LogP contribution in [0.4, 0.5) is 0 Å². The SMILES string of the molecule is COCc1ccccc1C#N.c1ccc2c(c1)Sc1ccccc1S2. The fraction of sp³-hybridized carbons (Fsp3) is 0.0952. The van der Waals surface area contributed by atoms with Crippen molar-refractivity contribution in [2.75, 3.05) is 7.11 Å². The van der Waals surface area contributed by atoms with Crippen LogP contribution in [0.1, 0.15) is 11.1 Å². The highest BCUT2D eigenvalue weighted by atomic mass is 32.2. The van der Waals surface area contributed by atoms with Crippen molar-refractivity contribution in [2.45, 2.75) is 26.2 Å². The van der Waals surface area contributed by atoms with Gasteiger partial charge in [-0.15, -0.1) is 0 Å². The van der Waals surface area contributed by atoms with Gasteiger partial charge in [-0.3, -0.25) is 0 Å². The molecular formula is C21H17NOS2. The highest BCUT2D eigenvalue weighted by Gasteiger charge is 2.14. The van der Waals surface area contributed by atoms with Gasteiger partial charge in [0, 0.05) is 26.7 Å². The first-order valence-electron chi connectivity index (χ1n) is 7.82. The lowest BCUT2D eigenvalue weighted by atomic mass is 10.1. The van der Waals surface area contributed by atoms with E-state index in [1.165, 1.54) is 19.6 Å². The summed E-state index contributed by atoms with van der Waals surface area (Å²) in [6, 6.07) is 26.6. The van der Waals surface area contributed by atoms with Gasteiger partial charge < -0.3 is 4.74 Å². The zero-order valence-corrected chi connectivity index (χ0v) is 15.4. The fourth-order valence-corrected chi connectivity index (χ4v) is 4.62. The molecule has 0 spiro atoms. The summed E-state index contributed by atoms with van der Waals surface area (Å²) in [6.45, 7) is 0.504. The van der Waals surface area contributed by atoms with Gasteiger partial charge in [-0.1, -0.05) is 66.0 Å². The van der Waals surface area contributed by atoms with Gasteiger partial charge in [0.2, 0.25) is 0 Å². The van der Waals surface area contributed by atoms with E-state index in [2.05, 4.69) is 54.6 Å². The molecule has 3 aromatic carbocycles. The number of fused-ring (bicyclic) bond motifs is 2. The van der Waals surface area contributed by atoms with Gasteiger partial charge in [0.1, 0.15) is 0 Å². The Morgan fingerprint density at radius 1 is 0.760 bits per heavy atom. The smallest absolute Gasteiger partial charge is 0.0995 e. The fourth-order valence-electron chi connectivity index (χ4n) is 2.39. The molecule has 1 aliphatic rings. The minimum atomic E-state index is 0.504. The van der Waals surface area contributed by atoms with E-state index in [-0.39, 0.29) is 0 Å². The van der Waals surface area contributed by atoms with Gasteiger partial charge in [0.05, 0.1) is 18.2 Å². The largest absolute Gasteiger partial charge is 0.380 e. The molecule has 4 heteroatoms. The van der Waals surface area contributed by atoms with Crippen LogP contribution >= 0.6 is 23.5 Å². The first-order valence-corrected chi connectivity index (χ1v) is 9.46. The summed E-state index contributed by atoms with van der Waals surface area (Å²) >= 11 is 3.72. The third kappa shape index (κ3) is 4.46. The van der Waals surface area contributed by atoms with E-state index in [4.69, 9.17) is 10.00 Å². The monoisotopic (exact) mass is 363 g/mol. The average Bonchev–Trinajstić information content (AvgIpc) is 2.67. The standard InChI is InChI=1S/C12H8S2.C9H9NO/c1-2-6-10-9(5-1)13-11-7-3-4-8-12(11)14-10;1-11-7-9-5-3-2-4-8(9)6-10/h1-8H;2-5H,7H2,1H3. The minimum Gasteiger partial charge on any atom is -0.380 e. The average molecular weight is 364 g/mol. The molecule has 0 saturated heterocycles. The lowest BCUT2D eigenvalue weighted by molar-refractivity contribution is 0.184. The zero-order valence-electron chi connectivity index (χ0n) is 13.8. The lowest BCUT2D eigenvalue weighted by Gasteiger charge is -2.17. The van der Waals surface area contributed by atoms with Crippen LogP contribution in [0, 0.1) is 11.3 Å². The molecule has 0 N–H and O–H groups in total. The molecule has 0 fully saturated rings. The van der Waals surface area contributed by atoms with E-state index in [0.29, 0.717) is 12.2 Å². The first kappa shape index (κ1) is 17.6. The van der Waals surface area contributed by atoms with Crippen molar-refractivity contribution in [3.63, 3.8) is 0 Å². The molecule has 0 radical (unpaired) electrons.